The summed E-state index contributed by atoms with van der Waals surface area (Å²) in [6.45, 7) is -0.281. The molecule has 0 atom stereocenters. The monoisotopic (exact) mass is 225 g/mol. The number of rotatable bonds is 4. The molecule has 0 unspecified atom stereocenters. The van der Waals surface area contributed by atoms with Crippen molar-refractivity contribution in [3.8, 4) is 6.07 Å². The number of nitriles is 1. The molecule has 1 rings (SSSR count). The van der Waals surface area contributed by atoms with Gasteiger partial charge in [0.15, 0.2) is 0 Å². The summed E-state index contributed by atoms with van der Waals surface area (Å²) in [5.74, 6) is -1.89. The van der Waals surface area contributed by atoms with E-state index >= 15 is 0 Å². The van der Waals surface area contributed by atoms with Gasteiger partial charge in [0.05, 0.1) is 18.3 Å². The fourth-order valence-electron chi connectivity index (χ4n) is 1.01. The standard InChI is InChI=1S/C10H9F2N3O/c11-7-1-2-9(8(12)5-7)15-6-10(16)14-4-3-13/h1-2,5,15H,4,6H2,(H,14,16). The highest BCUT2D eigenvalue weighted by molar-refractivity contribution is 5.80. The number of benzene rings is 1. The van der Waals surface area contributed by atoms with Gasteiger partial charge in [-0.15, -0.1) is 0 Å². The molecule has 0 fully saturated rings. The average Bonchev–Trinajstić information content (AvgIpc) is 2.25. The zero-order chi connectivity index (χ0) is 12.0. The van der Waals surface area contributed by atoms with Gasteiger partial charge in [0.25, 0.3) is 0 Å². The van der Waals surface area contributed by atoms with Gasteiger partial charge in [-0.1, -0.05) is 0 Å². The molecule has 1 amide bonds. The second kappa shape index (κ2) is 5.66. The van der Waals surface area contributed by atoms with Gasteiger partial charge < -0.3 is 10.6 Å². The van der Waals surface area contributed by atoms with Crippen LogP contribution in [-0.4, -0.2) is 19.0 Å². The van der Waals surface area contributed by atoms with Crippen molar-refractivity contribution in [2.45, 2.75) is 0 Å². The van der Waals surface area contributed by atoms with Gasteiger partial charge in [-0.25, -0.2) is 8.78 Å². The topological polar surface area (TPSA) is 64.9 Å². The summed E-state index contributed by atoms with van der Waals surface area (Å²) in [5, 5.41) is 12.9. The Balaban J connectivity index is 2.49. The van der Waals surface area contributed by atoms with Crippen molar-refractivity contribution in [1.82, 2.24) is 5.32 Å². The van der Waals surface area contributed by atoms with Crippen molar-refractivity contribution in [1.29, 1.82) is 5.26 Å². The van der Waals surface area contributed by atoms with E-state index in [9.17, 15) is 13.6 Å². The fourth-order valence-corrected chi connectivity index (χ4v) is 1.01. The van der Waals surface area contributed by atoms with Crippen LogP contribution in [-0.2, 0) is 4.79 Å². The number of carbonyl (C=O) groups is 1. The minimum absolute atomic E-state index is 0.0357. The molecule has 84 valence electrons. The van der Waals surface area contributed by atoms with E-state index in [1.807, 2.05) is 0 Å². The van der Waals surface area contributed by atoms with E-state index in [4.69, 9.17) is 5.26 Å². The second-order valence-electron chi connectivity index (χ2n) is 2.91. The van der Waals surface area contributed by atoms with Gasteiger partial charge in [0, 0.05) is 6.07 Å². The number of anilines is 1. The molecule has 0 aliphatic rings. The molecule has 0 radical (unpaired) electrons. The summed E-state index contributed by atoms with van der Waals surface area (Å²) < 4.78 is 25.6. The Morgan fingerprint density at radius 3 is 2.81 bits per heavy atom. The maximum atomic E-state index is 13.1. The first kappa shape index (κ1) is 11.9. The predicted molar refractivity (Wildman–Crippen MR) is 53.5 cm³/mol. The third-order valence-corrected chi connectivity index (χ3v) is 1.74. The van der Waals surface area contributed by atoms with Crippen LogP contribution in [0.4, 0.5) is 14.5 Å². The molecule has 0 aromatic heterocycles. The summed E-state index contributed by atoms with van der Waals surface area (Å²) in [7, 11) is 0. The van der Waals surface area contributed by atoms with E-state index in [1.54, 1.807) is 6.07 Å². The molecule has 0 saturated carbocycles. The highest BCUT2D eigenvalue weighted by atomic mass is 19.1. The third-order valence-electron chi connectivity index (χ3n) is 1.74. The SMILES string of the molecule is N#CCNC(=O)CNc1ccc(F)cc1F. The minimum Gasteiger partial charge on any atom is -0.374 e. The highest BCUT2D eigenvalue weighted by Crippen LogP contribution is 2.14. The number of nitrogens with zero attached hydrogens (tertiary/aromatic N) is 1. The molecule has 0 aliphatic carbocycles. The van der Waals surface area contributed by atoms with Crippen LogP contribution in [0.3, 0.4) is 0 Å². The van der Waals surface area contributed by atoms with Gasteiger partial charge in [0.1, 0.15) is 18.2 Å². The van der Waals surface area contributed by atoms with Crippen LogP contribution in [0.25, 0.3) is 0 Å². The quantitative estimate of drug-likeness (QED) is 0.752. The highest BCUT2D eigenvalue weighted by Gasteiger charge is 2.05. The van der Waals surface area contributed by atoms with Crippen molar-refractivity contribution in [3.63, 3.8) is 0 Å². The van der Waals surface area contributed by atoms with Crippen molar-refractivity contribution in [3.05, 3.63) is 29.8 Å². The zero-order valence-electron chi connectivity index (χ0n) is 8.26. The molecular formula is C10H9F2N3O. The van der Waals surface area contributed by atoms with E-state index in [2.05, 4.69) is 10.6 Å². The third kappa shape index (κ3) is 3.53. The molecule has 0 spiro atoms. The molecule has 4 nitrogen and oxygen atoms in total. The van der Waals surface area contributed by atoms with Gasteiger partial charge in [-0.3, -0.25) is 4.79 Å². The van der Waals surface area contributed by atoms with E-state index in [0.717, 1.165) is 12.1 Å². The average molecular weight is 225 g/mol. The lowest BCUT2D eigenvalue weighted by molar-refractivity contribution is -0.119. The molecule has 1 aromatic rings. The Labute approximate surface area is 90.9 Å². The number of hydrogen-bond donors (Lipinski definition) is 2. The summed E-state index contributed by atoms with van der Waals surface area (Å²) in [6, 6.07) is 4.73. The first-order valence-corrected chi connectivity index (χ1v) is 4.46. The molecule has 16 heavy (non-hydrogen) atoms. The summed E-state index contributed by atoms with van der Waals surface area (Å²) >= 11 is 0. The largest absolute Gasteiger partial charge is 0.374 e. The molecule has 2 N–H and O–H groups in total. The van der Waals surface area contributed by atoms with Gasteiger partial charge >= 0.3 is 0 Å². The molecule has 0 saturated heterocycles. The van der Waals surface area contributed by atoms with Crippen LogP contribution in [0.5, 0.6) is 0 Å². The number of carbonyl (C=O) groups excluding carboxylic acids is 1. The predicted octanol–water partition coefficient (Wildman–Crippen LogP) is 1.02. The van der Waals surface area contributed by atoms with Gasteiger partial charge in [0.2, 0.25) is 5.91 Å². The van der Waals surface area contributed by atoms with E-state index in [-0.39, 0.29) is 18.8 Å². The molecule has 6 heteroatoms. The lowest BCUT2D eigenvalue weighted by Crippen LogP contribution is -2.30. The Kier molecular flexibility index (Phi) is 4.21. The first-order chi connectivity index (χ1) is 7.63. The Morgan fingerprint density at radius 2 is 2.19 bits per heavy atom. The van der Waals surface area contributed by atoms with Gasteiger partial charge in [-0.2, -0.15) is 5.26 Å². The van der Waals surface area contributed by atoms with Crippen molar-refractivity contribution < 1.29 is 13.6 Å². The smallest absolute Gasteiger partial charge is 0.240 e. The first-order valence-electron chi connectivity index (χ1n) is 4.46. The fraction of sp³-hybridized carbons (Fsp3) is 0.200. The van der Waals surface area contributed by atoms with E-state index < -0.39 is 17.5 Å². The normalized spacial score (nSPS) is 9.31. The number of amides is 1. The van der Waals surface area contributed by atoms with Gasteiger partial charge in [-0.05, 0) is 12.1 Å². The lowest BCUT2D eigenvalue weighted by Gasteiger charge is -2.06. The number of nitrogens with one attached hydrogen (secondary N) is 2. The number of halogens is 2. The van der Waals surface area contributed by atoms with E-state index in [1.165, 1.54) is 6.07 Å². The zero-order valence-corrected chi connectivity index (χ0v) is 8.26. The van der Waals surface area contributed by atoms with Crippen LogP contribution >= 0.6 is 0 Å². The summed E-state index contributed by atoms with van der Waals surface area (Å²) in [6.07, 6.45) is 0. The van der Waals surface area contributed by atoms with Crippen molar-refractivity contribution >= 4 is 11.6 Å². The maximum Gasteiger partial charge on any atom is 0.240 e. The Bertz CT molecular complexity index is 429. The summed E-state index contributed by atoms with van der Waals surface area (Å²) in [5.41, 5.74) is 0.0357. The van der Waals surface area contributed by atoms with Crippen LogP contribution in [0, 0.1) is 23.0 Å². The molecule has 0 aliphatic heterocycles. The van der Waals surface area contributed by atoms with Crippen molar-refractivity contribution in [2.24, 2.45) is 0 Å². The van der Waals surface area contributed by atoms with Crippen LogP contribution in [0.2, 0.25) is 0 Å². The molecule has 0 heterocycles. The summed E-state index contributed by atoms with van der Waals surface area (Å²) in [4.78, 5) is 11.0. The molecule has 1 aromatic carbocycles. The minimum atomic E-state index is -0.770. The van der Waals surface area contributed by atoms with E-state index in [0.29, 0.717) is 0 Å². The van der Waals surface area contributed by atoms with Crippen LogP contribution in [0.15, 0.2) is 18.2 Å². The molecule has 0 bridgehead atoms. The Hall–Kier alpha value is -2.16. The second-order valence-corrected chi connectivity index (χ2v) is 2.91. The molecular weight excluding hydrogens is 216 g/mol. The van der Waals surface area contributed by atoms with Crippen LogP contribution in [0.1, 0.15) is 0 Å². The number of hydrogen-bond acceptors (Lipinski definition) is 3. The Morgan fingerprint density at radius 1 is 1.44 bits per heavy atom. The van der Waals surface area contributed by atoms with Crippen LogP contribution < -0.4 is 10.6 Å². The van der Waals surface area contributed by atoms with Crippen molar-refractivity contribution in [2.75, 3.05) is 18.4 Å². The maximum absolute atomic E-state index is 13.1. The lowest BCUT2D eigenvalue weighted by atomic mass is 10.3.